The molecule has 0 saturated heterocycles. The number of carbonyl (C=O) groups excluding carboxylic acids is 2. The van der Waals surface area contributed by atoms with E-state index < -0.39 is 15.9 Å². The van der Waals surface area contributed by atoms with Gasteiger partial charge in [-0.1, -0.05) is 12.1 Å². The quantitative estimate of drug-likeness (QED) is 0.807. The van der Waals surface area contributed by atoms with Crippen LogP contribution in [0.25, 0.3) is 0 Å². The molecule has 1 aromatic carbocycles. The van der Waals surface area contributed by atoms with Crippen LogP contribution in [-0.2, 0) is 17.1 Å². The van der Waals surface area contributed by atoms with Crippen LogP contribution in [0.4, 0.5) is 5.69 Å². The molecule has 23 heavy (non-hydrogen) atoms. The van der Waals surface area contributed by atoms with Gasteiger partial charge in [-0.2, -0.15) is 0 Å². The minimum atomic E-state index is -3.62. The van der Waals surface area contributed by atoms with E-state index in [1.165, 1.54) is 30.8 Å². The number of nitrogens with zero attached hydrogens (tertiary/aromatic N) is 1. The number of anilines is 1. The van der Waals surface area contributed by atoms with Crippen molar-refractivity contribution in [3.63, 3.8) is 0 Å². The van der Waals surface area contributed by atoms with Crippen molar-refractivity contribution < 1.29 is 18.0 Å². The van der Waals surface area contributed by atoms with E-state index in [1.807, 2.05) is 0 Å². The minimum Gasteiger partial charge on any atom is -0.345 e. The molecule has 2 aromatic rings. The van der Waals surface area contributed by atoms with E-state index in [1.54, 1.807) is 31.3 Å². The topological polar surface area (TPSA) is 97.3 Å². The zero-order valence-electron chi connectivity index (χ0n) is 13.0. The summed E-state index contributed by atoms with van der Waals surface area (Å²) in [4.78, 5) is 23.7. The van der Waals surface area contributed by atoms with Gasteiger partial charge in [0.1, 0.15) is 10.6 Å². The van der Waals surface area contributed by atoms with E-state index in [-0.39, 0.29) is 16.4 Å². The van der Waals surface area contributed by atoms with Gasteiger partial charge in [-0.25, -0.2) is 13.1 Å². The number of aryl methyl sites for hydroxylation is 1. The van der Waals surface area contributed by atoms with Gasteiger partial charge >= 0.3 is 0 Å². The smallest absolute Gasteiger partial charge is 0.272 e. The predicted molar refractivity (Wildman–Crippen MR) is 86.1 cm³/mol. The fraction of sp³-hybridized carbons (Fsp3) is 0.200. The summed E-state index contributed by atoms with van der Waals surface area (Å²) in [6.07, 6.45) is 1.35. The Labute approximate surface area is 134 Å². The molecule has 2 rings (SSSR count). The molecule has 2 N–H and O–H groups in total. The molecule has 0 bridgehead atoms. The summed E-state index contributed by atoms with van der Waals surface area (Å²) in [5.41, 5.74) is 1.13. The summed E-state index contributed by atoms with van der Waals surface area (Å²) in [7, 11) is -0.740. The van der Waals surface area contributed by atoms with Crippen molar-refractivity contribution in [2.45, 2.75) is 11.8 Å². The van der Waals surface area contributed by atoms with Gasteiger partial charge in [-0.3, -0.25) is 9.59 Å². The van der Waals surface area contributed by atoms with Crippen LogP contribution >= 0.6 is 0 Å². The van der Waals surface area contributed by atoms with Gasteiger partial charge in [0.15, 0.2) is 5.78 Å². The van der Waals surface area contributed by atoms with Crippen molar-refractivity contribution in [1.82, 2.24) is 9.29 Å². The Bertz CT molecular complexity index is 869. The maximum atomic E-state index is 12.3. The van der Waals surface area contributed by atoms with Gasteiger partial charge in [0.25, 0.3) is 5.91 Å². The highest BCUT2D eigenvalue weighted by Crippen LogP contribution is 2.16. The monoisotopic (exact) mass is 335 g/mol. The number of amides is 1. The third-order valence-corrected chi connectivity index (χ3v) is 4.70. The number of ketones is 1. The molecule has 1 amide bonds. The summed E-state index contributed by atoms with van der Waals surface area (Å²) < 4.78 is 27.2. The summed E-state index contributed by atoms with van der Waals surface area (Å²) in [5, 5.41) is 2.65. The van der Waals surface area contributed by atoms with Crippen molar-refractivity contribution in [1.29, 1.82) is 0 Å². The van der Waals surface area contributed by atoms with E-state index in [4.69, 9.17) is 0 Å². The van der Waals surface area contributed by atoms with E-state index >= 15 is 0 Å². The fourth-order valence-electron chi connectivity index (χ4n) is 2.04. The van der Waals surface area contributed by atoms with Crippen LogP contribution in [0.3, 0.4) is 0 Å². The van der Waals surface area contributed by atoms with Crippen LogP contribution in [0.15, 0.2) is 41.4 Å². The lowest BCUT2D eigenvalue weighted by atomic mass is 10.1. The standard InChI is InChI=1S/C15H17N3O4S/c1-10(19)11-5-4-6-12(7-11)17-15(20)14-8-13(9-18(14)3)23(21,22)16-2/h4-9,16H,1-3H3,(H,17,20). The molecule has 0 fully saturated rings. The molecule has 0 unspecified atom stereocenters. The number of benzene rings is 1. The molecule has 0 atom stereocenters. The highest BCUT2D eigenvalue weighted by atomic mass is 32.2. The normalized spacial score (nSPS) is 11.3. The van der Waals surface area contributed by atoms with Crippen molar-refractivity contribution in [2.24, 2.45) is 7.05 Å². The van der Waals surface area contributed by atoms with E-state index in [0.717, 1.165) is 0 Å². The van der Waals surface area contributed by atoms with Crippen molar-refractivity contribution in [3.05, 3.63) is 47.8 Å². The van der Waals surface area contributed by atoms with Crippen molar-refractivity contribution >= 4 is 27.4 Å². The Hall–Kier alpha value is -2.45. The number of sulfonamides is 1. The average Bonchev–Trinajstić information content (AvgIpc) is 2.90. The molecule has 0 aliphatic heterocycles. The highest BCUT2D eigenvalue weighted by Gasteiger charge is 2.19. The lowest BCUT2D eigenvalue weighted by Crippen LogP contribution is -2.18. The zero-order chi connectivity index (χ0) is 17.2. The summed E-state index contributed by atoms with van der Waals surface area (Å²) >= 11 is 0. The molecule has 8 heteroatoms. The van der Waals surface area contributed by atoms with Crippen molar-refractivity contribution in [2.75, 3.05) is 12.4 Å². The van der Waals surface area contributed by atoms with Gasteiger partial charge in [-0.05, 0) is 32.2 Å². The lowest BCUT2D eigenvalue weighted by Gasteiger charge is -2.07. The molecule has 1 aromatic heterocycles. The Morgan fingerprint density at radius 1 is 1.17 bits per heavy atom. The van der Waals surface area contributed by atoms with Gasteiger partial charge in [-0.15, -0.1) is 0 Å². The van der Waals surface area contributed by atoms with Gasteiger partial charge in [0.2, 0.25) is 10.0 Å². The molecule has 0 aliphatic carbocycles. The average molecular weight is 335 g/mol. The largest absolute Gasteiger partial charge is 0.345 e. The van der Waals surface area contributed by atoms with Crippen LogP contribution in [0.2, 0.25) is 0 Å². The number of Topliss-reactive ketones (excluding diaryl/α,β-unsaturated/α-hetero) is 1. The summed E-state index contributed by atoms with van der Waals surface area (Å²) in [6, 6.07) is 7.81. The Balaban J connectivity index is 2.28. The fourth-order valence-corrected chi connectivity index (χ4v) is 2.84. The van der Waals surface area contributed by atoms with Crippen LogP contribution in [0, 0.1) is 0 Å². The second-order valence-electron chi connectivity index (χ2n) is 4.97. The van der Waals surface area contributed by atoms with Gasteiger partial charge < -0.3 is 9.88 Å². The highest BCUT2D eigenvalue weighted by molar-refractivity contribution is 7.89. The van der Waals surface area contributed by atoms with Crippen LogP contribution in [0.5, 0.6) is 0 Å². The van der Waals surface area contributed by atoms with Gasteiger partial charge in [0, 0.05) is 24.5 Å². The first kappa shape index (κ1) is 16.9. The number of rotatable bonds is 5. The first-order chi connectivity index (χ1) is 10.7. The first-order valence-electron chi connectivity index (χ1n) is 6.77. The maximum Gasteiger partial charge on any atom is 0.272 e. The van der Waals surface area contributed by atoms with Crippen LogP contribution in [0.1, 0.15) is 27.8 Å². The molecular formula is C15H17N3O4S. The zero-order valence-corrected chi connectivity index (χ0v) is 13.8. The second-order valence-corrected chi connectivity index (χ2v) is 6.86. The van der Waals surface area contributed by atoms with Crippen molar-refractivity contribution in [3.8, 4) is 0 Å². The molecule has 0 spiro atoms. The number of hydrogen-bond acceptors (Lipinski definition) is 4. The van der Waals surface area contributed by atoms with E-state index in [0.29, 0.717) is 11.3 Å². The number of aromatic nitrogens is 1. The maximum absolute atomic E-state index is 12.3. The van der Waals surface area contributed by atoms with E-state index in [2.05, 4.69) is 10.0 Å². The predicted octanol–water partition coefficient (Wildman–Crippen LogP) is 1.39. The number of carbonyl (C=O) groups is 2. The number of nitrogens with one attached hydrogen (secondary N) is 2. The Morgan fingerprint density at radius 2 is 1.87 bits per heavy atom. The molecule has 7 nitrogen and oxygen atoms in total. The van der Waals surface area contributed by atoms with Crippen LogP contribution in [-0.4, -0.2) is 31.7 Å². The molecule has 0 saturated carbocycles. The molecule has 1 heterocycles. The Kier molecular flexibility index (Phi) is 4.67. The Morgan fingerprint density at radius 3 is 2.48 bits per heavy atom. The molecule has 122 valence electrons. The summed E-state index contributed by atoms with van der Waals surface area (Å²) in [6.45, 7) is 1.44. The van der Waals surface area contributed by atoms with E-state index in [9.17, 15) is 18.0 Å². The number of hydrogen-bond donors (Lipinski definition) is 2. The molecule has 0 radical (unpaired) electrons. The molecular weight excluding hydrogens is 318 g/mol. The van der Waals surface area contributed by atoms with Crippen LogP contribution < -0.4 is 10.0 Å². The SMILES string of the molecule is CNS(=O)(=O)c1cc(C(=O)Nc2cccc(C(C)=O)c2)n(C)c1. The third kappa shape index (κ3) is 3.66. The molecule has 0 aliphatic rings. The lowest BCUT2D eigenvalue weighted by molar-refractivity contribution is 0.100. The third-order valence-electron chi connectivity index (χ3n) is 3.32. The second kappa shape index (κ2) is 6.35. The first-order valence-corrected chi connectivity index (χ1v) is 8.25. The summed E-state index contributed by atoms with van der Waals surface area (Å²) in [5.74, 6) is -0.576. The minimum absolute atomic E-state index is 0.00476. The van der Waals surface area contributed by atoms with Gasteiger partial charge in [0.05, 0.1) is 0 Å².